The Kier molecular flexibility index (Phi) is 6.10. The first-order valence-electron chi connectivity index (χ1n) is 7.32. The minimum absolute atomic E-state index is 0.497. The van der Waals surface area contributed by atoms with Crippen molar-refractivity contribution < 1.29 is 0 Å². The molecule has 1 saturated heterocycles. The maximum Gasteiger partial charge on any atom is 0.176 e. The van der Waals surface area contributed by atoms with Crippen LogP contribution in [0.4, 0.5) is 0 Å². The van der Waals surface area contributed by atoms with Gasteiger partial charge < -0.3 is 5.32 Å². The van der Waals surface area contributed by atoms with E-state index in [-0.39, 0.29) is 0 Å². The molecule has 1 atom stereocenters. The highest BCUT2D eigenvalue weighted by Gasteiger charge is 2.20. The molecule has 1 unspecified atom stereocenters. The van der Waals surface area contributed by atoms with Crippen molar-refractivity contribution in [3.05, 3.63) is 5.82 Å². The number of nitrogens with zero attached hydrogens (tertiary/aromatic N) is 4. The fraction of sp³-hybridized carbons (Fsp3) is 0.923. The first-order valence-corrected chi connectivity index (χ1v) is 8.47. The Balaban J connectivity index is 1.86. The van der Waals surface area contributed by atoms with Crippen molar-refractivity contribution in [2.75, 3.05) is 18.1 Å². The zero-order valence-corrected chi connectivity index (χ0v) is 12.8. The summed E-state index contributed by atoms with van der Waals surface area (Å²) < 4.78 is 0. The third kappa shape index (κ3) is 5.10. The molecule has 0 bridgehead atoms. The summed E-state index contributed by atoms with van der Waals surface area (Å²) >= 11 is 2.09. The van der Waals surface area contributed by atoms with E-state index in [1.54, 1.807) is 4.80 Å². The molecule has 2 heterocycles. The fourth-order valence-electron chi connectivity index (χ4n) is 2.60. The van der Waals surface area contributed by atoms with Gasteiger partial charge >= 0.3 is 0 Å². The van der Waals surface area contributed by atoms with Gasteiger partial charge in [-0.1, -0.05) is 6.92 Å². The van der Waals surface area contributed by atoms with Crippen LogP contribution >= 0.6 is 11.8 Å². The summed E-state index contributed by atoms with van der Waals surface area (Å²) in [6.45, 7) is 3.29. The van der Waals surface area contributed by atoms with E-state index >= 15 is 0 Å². The number of thioether (sulfide) groups is 1. The summed E-state index contributed by atoms with van der Waals surface area (Å²) in [4.78, 5) is 1.55. The topological polar surface area (TPSA) is 55.6 Å². The van der Waals surface area contributed by atoms with Crippen molar-refractivity contribution in [1.82, 2.24) is 25.5 Å². The highest BCUT2D eigenvalue weighted by molar-refractivity contribution is 7.99. The smallest absolute Gasteiger partial charge is 0.176 e. The Morgan fingerprint density at radius 3 is 2.84 bits per heavy atom. The zero-order chi connectivity index (χ0) is 13.5. The second kappa shape index (κ2) is 7.85. The van der Waals surface area contributed by atoms with Crippen molar-refractivity contribution in [1.29, 1.82) is 0 Å². The second-order valence-corrected chi connectivity index (χ2v) is 6.57. The molecular weight excluding hydrogens is 258 g/mol. The molecule has 108 valence electrons. The van der Waals surface area contributed by atoms with E-state index in [2.05, 4.69) is 39.4 Å². The molecule has 0 aromatic carbocycles. The van der Waals surface area contributed by atoms with E-state index < -0.39 is 0 Å². The molecule has 19 heavy (non-hydrogen) atoms. The summed E-state index contributed by atoms with van der Waals surface area (Å²) in [6, 6.07) is 0.497. The summed E-state index contributed by atoms with van der Waals surface area (Å²) in [5.41, 5.74) is 0. The second-order valence-electron chi connectivity index (χ2n) is 5.34. The molecule has 0 saturated carbocycles. The fourth-order valence-corrected chi connectivity index (χ4v) is 3.80. The molecule has 2 rings (SSSR count). The van der Waals surface area contributed by atoms with Gasteiger partial charge in [-0.3, -0.25) is 0 Å². The molecule has 0 spiro atoms. The molecule has 0 amide bonds. The maximum atomic E-state index is 4.30. The Morgan fingerprint density at radius 2 is 2.21 bits per heavy atom. The maximum absolute atomic E-state index is 4.30. The van der Waals surface area contributed by atoms with Crippen LogP contribution in [-0.4, -0.2) is 44.3 Å². The number of aromatic nitrogens is 4. The minimum Gasteiger partial charge on any atom is -0.314 e. The van der Waals surface area contributed by atoms with E-state index in [1.807, 2.05) is 7.05 Å². The standard InChI is InChI=1S/C13H25N5S/c1-3-6-14-12(9-11-4-7-19-8-5-11)10-13-15-17-18(2)16-13/h11-12,14H,3-10H2,1-2H3. The summed E-state index contributed by atoms with van der Waals surface area (Å²) in [5.74, 6) is 4.39. The lowest BCUT2D eigenvalue weighted by atomic mass is 9.92. The Morgan fingerprint density at radius 1 is 1.42 bits per heavy atom. The number of nitrogens with one attached hydrogen (secondary N) is 1. The number of aryl methyl sites for hydroxylation is 1. The monoisotopic (exact) mass is 283 g/mol. The van der Waals surface area contributed by atoms with Gasteiger partial charge in [-0.25, -0.2) is 0 Å². The van der Waals surface area contributed by atoms with Crippen molar-refractivity contribution in [3.63, 3.8) is 0 Å². The number of tetrazole rings is 1. The molecule has 0 radical (unpaired) electrons. The Hall–Kier alpha value is -0.620. The summed E-state index contributed by atoms with van der Waals surface area (Å²) in [7, 11) is 1.82. The Bertz CT molecular complexity index is 362. The molecule has 6 heteroatoms. The third-order valence-corrected chi connectivity index (χ3v) is 4.67. The van der Waals surface area contributed by atoms with Crippen LogP contribution in [0.2, 0.25) is 0 Å². The highest BCUT2D eigenvalue weighted by atomic mass is 32.2. The van der Waals surface area contributed by atoms with Gasteiger partial charge in [-0.15, -0.1) is 10.2 Å². The molecule has 1 aliphatic heterocycles. The Labute approximate surface area is 119 Å². The largest absolute Gasteiger partial charge is 0.314 e. The van der Waals surface area contributed by atoms with Gasteiger partial charge in [0.1, 0.15) is 0 Å². The predicted octanol–water partition coefficient (Wildman–Crippen LogP) is 1.65. The van der Waals surface area contributed by atoms with Crippen LogP contribution in [0.25, 0.3) is 0 Å². The van der Waals surface area contributed by atoms with Crippen molar-refractivity contribution in [2.45, 2.75) is 45.1 Å². The zero-order valence-electron chi connectivity index (χ0n) is 12.0. The lowest BCUT2D eigenvalue weighted by Gasteiger charge is -2.26. The van der Waals surface area contributed by atoms with Gasteiger partial charge in [0.2, 0.25) is 0 Å². The summed E-state index contributed by atoms with van der Waals surface area (Å²) in [5, 5.41) is 16.0. The molecule has 1 aromatic heterocycles. The van der Waals surface area contributed by atoms with Crippen LogP contribution in [0.1, 0.15) is 38.4 Å². The van der Waals surface area contributed by atoms with Crippen LogP contribution < -0.4 is 5.32 Å². The SMILES string of the molecule is CCCNC(Cc1nnn(C)n1)CC1CCSCC1. The quantitative estimate of drug-likeness (QED) is 0.824. The van der Waals surface area contributed by atoms with Crippen molar-refractivity contribution in [3.8, 4) is 0 Å². The van der Waals surface area contributed by atoms with E-state index in [1.165, 1.54) is 37.2 Å². The van der Waals surface area contributed by atoms with E-state index in [0.29, 0.717) is 6.04 Å². The first-order chi connectivity index (χ1) is 9.28. The molecular formula is C13H25N5S. The van der Waals surface area contributed by atoms with Gasteiger partial charge in [0.15, 0.2) is 5.82 Å². The van der Waals surface area contributed by atoms with E-state index in [9.17, 15) is 0 Å². The lowest BCUT2D eigenvalue weighted by Crippen LogP contribution is -2.35. The molecule has 1 fully saturated rings. The van der Waals surface area contributed by atoms with Gasteiger partial charge in [-0.2, -0.15) is 16.6 Å². The molecule has 5 nitrogen and oxygen atoms in total. The van der Waals surface area contributed by atoms with Gasteiger partial charge in [0.05, 0.1) is 7.05 Å². The molecule has 0 aliphatic carbocycles. The van der Waals surface area contributed by atoms with Crippen LogP contribution in [0, 0.1) is 5.92 Å². The molecule has 1 aromatic rings. The lowest BCUT2D eigenvalue weighted by molar-refractivity contribution is 0.359. The van der Waals surface area contributed by atoms with E-state index in [4.69, 9.17) is 0 Å². The average molecular weight is 283 g/mol. The van der Waals surface area contributed by atoms with Gasteiger partial charge in [-0.05, 0) is 54.9 Å². The van der Waals surface area contributed by atoms with Crippen LogP contribution in [-0.2, 0) is 13.5 Å². The number of rotatable bonds is 7. The highest BCUT2D eigenvalue weighted by Crippen LogP contribution is 2.26. The van der Waals surface area contributed by atoms with Crippen LogP contribution in [0.5, 0.6) is 0 Å². The van der Waals surface area contributed by atoms with Crippen LogP contribution in [0.3, 0.4) is 0 Å². The molecule has 1 aliphatic rings. The number of hydrogen-bond donors (Lipinski definition) is 1. The van der Waals surface area contributed by atoms with Gasteiger partial charge in [0.25, 0.3) is 0 Å². The molecule has 1 N–H and O–H groups in total. The normalized spacial score (nSPS) is 18.6. The minimum atomic E-state index is 0.497. The first kappa shape index (κ1) is 14.8. The third-order valence-electron chi connectivity index (χ3n) is 3.62. The van der Waals surface area contributed by atoms with Crippen LogP contribution in [0.15, 0.2) is 0 Å². The predicted molar refractivity (Wildman–Crippen MR) is 79.2 cm³/mol. The van der Waals surface area contributed by atoms with Gasteiger partial charge in [0, 0.05) is 12.5 Å². The van der Waals surface area contributed by atoms with E-state index in [0.717, 1.165) is 24.7 Å². The average Bonchev–Trinajstić information content (AvgIpc) is 2.82. The van der Waals surface area contributed by atoms with Crippen molar-refractivity contribution >= 4 is 11.8 Å². The summed E-state index contributed by atoms with van der Waals surface area (Å²) in [6.07, 6.45) is 6.05. The number of hydrogen-bond acceptors (Lipinski definition) is 5. The van der Waals surface area contributed by atoms with Crippen molar-refractivity contribution in [2.24, 2.45) is 13.0 Å².